The van der Waals surface area contributed by atoms with Crippen molar-refractivity contribution in [3.05, 3.63) is 53.6 Å². The van der Waals surface area contributed by atoms with Crippen molar-refractivity contribution in [1.29, 1.82) is 5.26 Å². The van der Waals surface area contributed by atoms with Gasteiger partial charge >= 0.3 is 5.97 Å². The van der Waals surface area contributed by atoms with Crippen molar-refractivity contribution < 1.29 is 23.8 Å². The van der Waals surface area contributed by atoms with E-state index in [0.717, 1.165) is 17.5 Å². The van der Waals surface area contributed by atoms with Crippen LogP contribution < -0.4 is 14.8 Å². The van der Waals surface area contributed by atoms with Gasteiger partial charge in [0.05, 0.1) is 12.5 Å². The second-order valence-corrected chi connectivity index (χ2v) is 7.31. The predicted molar refractivity (Wildman–Crippen MR) is 106 cm³/mol. The van der Waals surface area contributed by atoms with E-state index in [1.165, 1.54) is 0 Å². The summed E-state index contributed by atoms with van der Waals surface area (Å²) in [5, 5.41) is 11.3. The van der Waals surface area contributed by atoms with E-state index >= 15 is 0 Å². The summed E-state index contributed by atoms with van der Waals surface area (Å²) in [5.41, 5.74) is 2.13. The highest BCUT2D eigenvalue weighted by atomic mass is 16.6. The first-order chi connectivity index (χ1) is 13.9. The van der Waals surface area contributed by atoms with Gasteiger partial charge in [0, 0.05) is 17.7 Å². The number of hydrogen-bond acceptors (Lipinski definition) is 6. The minimum atomic E-state index is -0.653. The molecule has 7 nitrogen and oxygen atoms in total. The van der Waals surface area contributed by atoms with Crippen molar-refractivity contribution in [3.8, 4) is 17.6 Å². The van der Waals surface area contributed by atoms with Crippen molar-refractivity contribution in [2.45, 2.75) is 32.3 Å². The molecule has 1 aliphatic heterocycles. The van der Waals surface area contributed by atoms with E-state index in [9.17, 15) is 9.59 Å². The van der Waals surface area contributed by atoms with Gasteiger partial charge in [-0.05, 0) is 37.6 Å². The molecular formula is C22H22N2O5. The van der Waals surface area contributed by atoms with E-state index in [-0.39, 0.29) is 12.2 Å². The number of anilines is 1. The van der Waals surface area contributed by atoms with Crippen LogP contribution in [0.15, 0.2) is 42.5 Å². The van der Waals surface area contributed by atoms with Gasteiger partial charge in [-0.25, -0.2) is 4.79 Å². The maximum atomic E-state index is 11.9. The van der Waals surface area contributed by atoms with Crippen molar-refractivity contribution >= 4 is 17.6 Å². The minimum absolute atomic E-state index is 0.305. The largest absolute Gasteiger partial charge is 0.483 e. The molecule has 0 radical (unpaired) electrons. The number of para-hydroxylation sites is 1. The Morgan fingerprint density at radius 3 is 2.66 bits per heavy atom. The van der Waals surface area contributed by atoms with Crippen LogP contribution in [0.25, 0.3) is 0 Å². The summed E-state index contributed by atoms with van der Waals surface area (Å²) in [6.07, 6.45) is 1.07. The highest BCUT2D eigenvalue weighted by molar-refractivity contribution is 5.92. The minimum Gasteiger partial charge on any atom is -0.483 e. The first kappa shape index (κ1) is 20.2. The van der Waals surface area contributed by atoms with E-state index in [1.54, 1.807) is 30.3 Å². The first-order valence-electron chi connectivity index (χ1n) is 9.21. The van der Waals surface area contributed by atoms with Gasteiger partial charge in [0.25, 0.3) is 5.91 Å². The fraction of sp³-hybridized carbons (Fsp3) is 0.318. The second kappa shape index (κ2) is 8.65. The van der Waals surface area contributed by atoms with Gasteiger partial charge in [-0.2, -0.15) is 5.26 Å². The number of amides is 1. The molecular weight excluding hydrogens is 372 g/mol. The standard InChI is InChI=1S/C22H22N2O5/c1-22(2)12-16-4-3-5-18(21(16)29-22)27-14-20(26)28-13-19(25)24-17-8-6-15(7-9-17)10-11-23/h3-9H,10,12-14H2,1-2H3,(H,24,25). The van der Waals surface area contributed by atoms with E-state index in [1.807, 2.05) is 26.0 Å². The van der Waals surface area contributed by atoms with E-state index in [2.05, 4.69) is 11.4 Å². The zero-order chi connectivity index (χ0) is 20.9. The number of carbonyl (C=O) groups excluding carboxylic acids is 2. The number of ether oxygens (including phenoxy) is 3. The van der Waals surface area contributed by atoms with E-state index in [0.29, 0.717) is 23.6 Å². The first-order valence-corrected chi connectivity index (χ1v) is 9.21. The highest BCUT2D eigenvalue weighted by Crippen LogP contribution is 2.41. The van der Waals surface area contributed by atoms with Crippen LogP contribution in [0.4, 0.5) is 5.69 Å². The third-order valence-electron chi connectivity index (χ3n) is 4.29. The lowest BCUT2D eigenvalue weighted by atomic mass is 10.0. The number of rotatable bonds is 7. The van der Waals surface area contributed by atoms with Gasteiger partial charge in [0.1, 0.15) is 5.60 Å². The molecule has 29 heavy (non-hydrogen) atoms. The molecule has 0 aliphatic carbocycles. The third-order valence-corrected chi connectivity index (χ3v) is 4.29. The van der Waals surface area contributed by atoms with E-state index in [4.69, 9.17) is 19.5 Å². The van der Waals surface area contributed by atoms with Crippen molar-refractivity contribution in [2.24, 2.45) is 0 Å². The summed E-state index contributed by atoms with van der Waals surface area (Å²) >= 11 is 0. The lowest BCUT2D eigenvalue weighted by molar-refractivity contribution is -0.149. The molecule has 1 heterocycles. The summed E-state index contributed by atoms with van der Waals surface area (Å²) in [6, 6.07) is 14.5. The highest BCUT2D eigenvalue weighted by Gasteiger charge is 2.32. The van der Waals surface area contributed by atoms with Crippen LogP contribution in [0.5, 0.6) is 11.5 Å². The molecule has 0 atom stereocenters. The predicted octanol–water partition coefficient (Wildman–Crippen LogP) is 3.03. The number of carbonyl (C=O) groups is 2. The molecule has 0 fully saturated rings. The fourth-order valence-corrected chi connectivity index (χ4v) is 3.02. The lowest BCUT2D eigenvalue weighted by Gasteiger charge is -2.18. The number of nitrogens with one attached hydrogen (secondary N) is 1. The monoisotopic (exact) mass is 394 g/mol. The van der Waals surface area contributed by atoms with Crippen molar-refractivity contribution in [1.82, 2.24) is 0 Å². The third kappa shape index (κ3) is 5.48. The van der Waals surface area contributed by atoms with Gasteiger partial charge in [-0.1, -0.05) is 24.3 Å². The summed E-state index contributed by atoms with van der Waals surface area (Å²) in [4.78, 5) is 23.8. The number of esters is 1. The molecule has 7 heteroatoms. The Bertz CT molecular complexity index is 945. The Labute approximate surface area is 169 Å². The van der Waals surface area contributed by atoms with Gasteiger partial charge in [0.15, 0.2) is 24.7 Å². The van der Waals surface area contributed by atoms with Crippen LogP contribution >= 0.6 is 0 Å². The SMILES string of the molecule is CC1(C)Cc2cccc(OCC(=O)OCC(=O)Nc3ccc(CC#N)cc3)c2O1. The Balaban J connectivity index is 1.44. The average molecular weight is 394 g/mol. The lowest BCUT2D eigenvalue weighted by Crippen LogP contribution is -2.25. The number of benzene rings is 2. The van der Waals surface area contributed by atoms with Gasteiger partial charge in [-0.3, -0.25) is 4.79 Å². The molecule has 1 amide bonds. The van der Waals surface area contributed by atoms with Gasteiger partial charge in [0.2, 0.25) is 0 Å². The Morgan fingerprint density at radius 1 is 1.17 bits per heavy atom. The van der Waals surface area contributed by atoms with Gasteiger partial charge < -0.3 is 19.5 Å². The van der Waals surface area contributed by atoms with Gasteiger partial charge in [-0.15, -0.1) is 0 Å². The number of nitrogens with zero attached hydrogens (tertiary/aromatic N) is 1. The summed E-state index contributed by atoms with van der Waals surface area (Å²) < 4.78 is 16.4. The normalized spacial score (nSPS) is 13.6. The van der Waals surface area contributed by atoms with Crippen molar-refractivity contribution in [3.63, 3.8) is 0 Å². The molecule has 0 unspecified atom stereocenters. The Kier molecular flexibility index (Phi) is 6.03. The number of hydrogen-bond donors (Lipinski definition) is 1. The van der Waals surface area contributed by atoms with Crippen LogP contribution in [0, 0.1) is 11.3 Å². The smallest absolute Gasteiger partial charge is 0.344 e. The quantitative estimate of drug-likeness (QED) is 0.725. The van der Waals surface area contributed by atoms with Crippen LogP contribution in [0.1, 0.15) is 25.0 Å². The zero-order valence-electron chi connectivity index (χ0n) is 16.4. The molecule has 2 aromatic rings. The topological polar surface area (TPSA) is 97.6 Å². The molecule has 0 saturated heterocycles. The molecule has 1 aliphatic rings. The fourth-order valence-electron chi connectivity index (χ4n) is 3.02. The number of nitriles is 1. The maximum Gasteiger partial charge on any atom is 0.344 e. The molecule has 0 aromatic heterocycles. The van der Waals surface area contributed by atoms with Crippen LogP contribution in [-0.2, 0) is 27.2 Å². The molecule has 3 rings (SSSR count). The molecule has 0 bridgehead atoms. The Morgan fingerprint density at radius 2 is 1.93 bits per heavy atom. The number of fused-ring (bicyclic) bond motifs is 1. The summed E-state index contributed by atoms with van der Waals surface area (Å²) in [7, 11) is 0. The summed E-state index contributed by atoms with van der Waals surface area (Å²) in [5.74, 6) is 0.00581. The maximum absolute atomic E-state index is 11.9. The van der Waals surface area contributed by atoms with Crippen molar-refractivity contribution in [2.75, 3.05) is 18.5 Å². The zero-order valence-corrected chi connectivity index (χ0v) is 16.4. The van der Waals surface area contributed by atoms with Crippen LogP contribution in [0.3, 0.4) is 0 Å². The average Bonchev–Trinajstić information content (AvgIpc) is 3.01. The summed E-state index contributed by atoms with van der Waals surface area (Å²) in [6.45, 7) is 3.23. The molecule has 0 spiro atoms. The molecule has 0 saturated carbocycles. The second-order valence-electron chi connectivity index (χ2n) is 7.31. The molecule has 1 N–H and O–H groups in total. The van der Waals surface area contributed by atoms with Crippen LogP contribution in [0.2, 0.25) is 0 Å². The van der Waals surface area contributed by atoms with E-state index < -0.39 is 18.5 Å². The Hall–Kier alpha value is -3.53. The molecule has 2 aromatic carbocycles. The molecule has 150 valence electrons. The van der Waals surface area contributed by atoms with Crippen LogP contribution in [-0.4, -0.2) is 30.7 Å².